The number of methoxy groups -OCH3 is 1. The first kappa shape index (κ1) is 22.2. The number of aliphatic hydroxyl groups is 2. The fourth-order valence-corrected chi connectivity index (χ4v) is 5.79. The highest BCUT2D eigenvalue weighted by atomic mass is 16.5. The van der Waals surface area contributed by atoms with Gasteiger partial charge in [0.15, 0.2) is 0 Å². The van der Waals surface area contributed by atoms with Crippen molar-refractivity contribution in [1.82, 2.24) is 14.8 Å². The van der Waals surface area contributed by atoms with Crippen LogP contribution in [0.4, 0.5) is 0 Å². The molecule has 4 atom stereocenters. The van der Waals surface area contributed by atoms with E-state index in [-0.39, 0.29) is 18.9 Å². The molecule has 1 aromatic heterocycles. The van der Waals surface area contributed by atoms with E-state index in [0.29, 0.717) is 36.4 Å². The number of rotatable bonds is 5. The topological polar surface area (TPSA) is 115 Å². The predicted molar refractivity (Wildman–Crippen MR) is 119 cm³/mol. The number of amides is 2. The summed E-state index contributed by atoms with van der Waals surface area (Å²) < 4.78 is 11.4. The zero-order chi connectivity index (χ0) is 23.7. The van der Waals surface area contributed by atoms with Crippen molar-refractivity contribution in [1.29, 1.82) is 0 Å². The van der Waals surface area contributed by atoms with Gasteiger partial charge in [0.25, 0.3) is 11.6 Å². The minimum absolute atomic E-state index is 0.136. The zero-order valence-corrected chi connectivity index (χ0v) is 19.4. The van der Waals surface area contributed by atoms with Crippen LogP contribution in [-0.2, 0) is 14.3 Å². The summed E-state index contributed by atoms with van der Waals surface area (Å²) >= 11 is 0. The van der Waals surface area contributed by atoms with Crippen molar-refractivity contribution in [2.45, 2.75) is 69.5 Å². The Kier molecular flexibility index (Phi) is 5.00. The molecule has 9 heteroatoms. The Morgan fingerprint density at radius 2 is 2.06 bits per heavy atom. The molecule has 33 heavy (non-hydrogen) atoms. The number of nitrogens with one attached hydrogen (secondary N) is 1. The average Bonchev–Trinajstić information content (AvgIpc) is 3.39. The standard InChI is InChI=1S/C24H31N3O6/c1-5-33-20-18-14-9-8-13(32-4)11-15(14)25-19(18)17(12-23(2,3)30)27-21(28)16-7-6-10-26(16)22(29)24(20,27)31/h8-9,11,16-17,20,25,30-31H,5-7,10,12H2,1-4H3. The molecule has 5 rings (SSSR count). The number of hydrogen-bond acceptors (Lipinski definition) is 6. The van der Waals surface area contributed by atoms with E-state index in [0.717, 1.165) is 10.9 Å². The third-order valence-corrected chi connectivity index (χ3v) is 7.09. The summed E-state index contributed by atoms with van der Waals surface area (Å²) in [6.45, 7) is 5.78. The Bertz CT molecular complexity index is 1120. The van der Waals surface area contributed by atoms with Crippen LogP contribution in [0.5, 0.6) is 5.75 Å². The number of carbonyl (C=O) groups excluding carboxylic acids is 2. The summed E-state index contributed by atoms with van der Waals surface area (Å²) in [7, 11) is 1.58. The lowest BCUT2D eigenvalue weighted by molar-refractivity contribution is -0.241. The van der Waals surface area contributed by atoms with Crippen LogP contribution < -0.4 is 4.74 Å². The van der Waals surface area contributed by atoms with Crippen molar-refractivity contribution >= 4 is 22.7 Å². The van der Waals surface area contributed by atoms with Gasteiger partial charge in [0.05, 0.1) is 18.8 Å². The number of aromatic nitrogens is 1. The fraction of sp³-hybridized carbons (Fsp3) is 0.583. The number of fused-ring (bicyclic) bond motifs is 5. The van der Waals surface area contributed by atoms with Crippen LogP contribution >= 0.6 is 0 Å². The third-order valence-electron chi connectivity index (χ3n) is 7.09. The largest absolute Gasteiger partial charge is 0.497 e. The second-order valence-electron chi connectivity index (χ2n) is 9.82. The van der Waals surface area contributed by atoms with Gasteiger partial charge in [-0.25, -0.2) is 0 Å². The van der Waals surface area contributed by atoms with E-state index in [2.05, 4.69) is 4.98 Å². The minimum atomic E-state index is -2.20. The van der Waals surface area contributed by atoms with E-state index >= 15 is 0 Å². The predicted octanol–water partition coefficient (Wildman–Crippen LogP) is 1.99. The number of benzene rings is 1. The van der Waals surface area contributed by atoms with Gasteiger partial charge in [0.1, 0.15) is 17.9 Å². The summed E-state index contributed by atoms with van der Waals surface area (Å²) in [6.07, 6.45) is 0.324. The average molecular weight is 458 g/mol. The molecule has 3 aliphatic heterocycles. The summed E-state index contributed by atoms with van der Waals surface area (Å²) in [5, 5.41) is 23.7. The lowest BCUT2D eigenvalue weighted by Gasteiger charge is -2.56. The maximum atomic E-state index is 13.8. The maximum Gasteiger partial charge on any atom is 0.279 e. The molecule has 2 amide bonds. The van der Waals surface area contributed by atoms with Crippen LogP contribution in [-0.4, -0.2) is 74.4 Å². The molecule has 4 heterocycles. The van der Waals surface area contributed by atoms with Gasteiger partial charge in [-0.05, 0) is 45.7 Å². The van der Waals surface area contributed by atoms with Gasteiger partial charge in [0.2, 0.25) is 5.91 Å². The Morgan fingerprint density at radius 1 is 1.30 bits per heavy atom. The number of carbonyl (C=O) groups is 2. The lowest BCUT2D eigenvalue weighted by Crippen LogP contribution is -2.74. The molecule has 0 radical (unpaired) electrons. The molecule has 1 aromatic carbocycles. The molecule has 0 aliphatic carbocycles. The molecule has 0 saturated carbocycles. The number of hydrogen-bond donors (Lipinski definition) is 3. The van der Waals surface area contributed by atoms with Crippen LogP contribution in [0.1, 0.15) is 63.4 Å². The first-order chi connectivity index (χ1) is 15.6. The van der Waals surface area contributed by atoms with Crippen molar-refractivity contribution < 1.29 is 29.3 Å². The highest BCUT2D eigenvalue weighted by molar-refractivity contribution is 6.01. The second kappa shape index (κ2) is 7.44. The Labute approximate surface area is 192 Å². The Morgan fingerprint density at radius 3 is 2.73 bits per heavy atom. The van der Waals surface area contributed by atoms with Crippen molar-refractivity contribution in [2.75, 3.05) is 20.3 Å². The Hall–Kier alpha value is -2.62. The normalized spacial score (nSPS) is 29.3. The van der Waals surface area contributed by atoms with E-state index in [1.807, 2.05) is 18.2 Å². The highest BCUT2D eigenvalue weighted by Gasteiger charge is 2.66. The molecule has 4 unspecified atom stereocenters. The van der Waals surface area contributed by atoms with Crippen LogP contribution in [0.15, 0.2) is 18.2 Å². The third kappa shape index (κ3) is 3.09. The van der Waals surface area contributed by atoms with E-state index < -0.39 is 35.4 Å². The van der Waals surface area contributed by atoms with Crippen molar-refractivity contribution in [3.05, 3.63) is 29.5 Å². The molecule has 2 aromatic rings. The molecule has 9 nitrogen and oxygen atoms in total. The van der Waals surface area contributed by atoms with Crippen LogP contribution in [0.3, 0.4) is 0 Å². The summed E-state index contributed by atoms with van der Waals surface area (Å²) in [6, 6.07) is 4.17. The van der Waals surface area contributed by atoms with E-state index in [9.17, 15) is 19.8 Å². The molecule has 0 bridgehead atoms. The number of aromatic amines is 1. The molecule has 0 spiro atoms. The SMILES string of the molecule is CCOC1c2c([nH]c3cc(OC)ccc23)C(CC(C)(C)O)N2C(=O)C3CCCN3C(=O)C12O. The quantitative estimate of drug-likeness (QED) is 0.633. The van der Waals surface area contributed by atoms with E-state index in [1.165, 1.54) is 9.80 Å². The number of piperazine rings is 1. The Balaban J connectivity index is 1.80. The van der Waals surface area contributed by atoms with Crippen molar-refractivity contribution in [3.8, 4) is 5.75 Å². The highest BCUT2D eigenvalue weighted by Crippen LogP contribution is 2.54. The summed E-state index contributed by atoms with van der Waals surface area (Å²) in [4.78, 5) is 33.7. The van der Waals surface area contributed by atoms with Gasteiger partial charge < -0.3 is 29.6 Å². The van der Waals surface area contributed by atoms with Gasteiger partial charge in [-0.1, -0.05) is 0 Å². The van der Waals surface area contributed by atoms with Crippen molar-refractivity contribution in [2.24, 2.45) is 0 Å². The molecule has 178 valence electrons. The summed E-state index contributed by atoms with van der Waals surface area (Å²) in [5.41, 5.74) is -1.32. The maximum absolute atomic E-state index is 13.8. The smallest absolute Gasteiger partial charge is 0.279 e. The van der Waals surface area contributed by atoms with Crippen LogP contribution in [0.25, 0.3) is 10.9 Å². The van der Waals surface area contributed by atoms with E-state index in [1.54, 1.807) is 27.9 Å². The second-order valence-corrected chi connectivity index (χ2v) is 9.82. The fourth-order valence-electron chi connectivity index (χ4n) is 5.79. The molecular weight excluding hydrogens is 426 g/mol. The zero-order valence-electron chi connectivity index (χ0n) is 19.4. The molecule has 2 saturated heterocycles. The van der Waals surface area contributed by atoms with Gasteiger partial charge >= 0.3 is 0 Å². The van der Waals surface area contributed by atoms with Gasteiger partial charge in [0, 0.05) is 47.8 Å². The molecular formula is C24H31N3O6. The first-order valence-corrected chi connectivity index (χ1v) is 11.5. The number of ether oxygens (including phenoxy) is 2. The number of H-pyrrole nitrogens is 1. The van der Waals surface area contributed by atoms with Crippen molar-refractivity contribution in [3.63, 3.8) is 0 Å². The van der Waals surface area contributed by atoms with Gasteiger partial charge in [-0.15, -0.1) is 0 Å². The van der Waals surface area contributed by atoms with Gasteiger partial charge in [-0.2, -0.15) is 0 Å². The monoisotopic (exact) mass is 457 g/mol. The van der Waals surface area contributed by atoms with Crippen LogP contribution in [0, 0.1) is 0 Å². The minimum Gasteiger partial charge on any atom is -0.497 e. The van der Waals surface area contributed by atoms with E-state index in [4.69, 9.17) is 9.47 Å². The lowest BCUT2D eigenvalue weighted by atomic mass is 9.80. The molecule has 3 aliphatic rings. The molecule has 2 fully saturated rings. The molecule has 3 N–H and O–H groups in total. The van der Waals surface area contributed by atoms with Crippen LogP contribution in [0.2, 0.25) is 0 Å². The summed E-state index contributed by atoms with van der Waals surface area (Å²) in [5.74, 6) is -0.176. The van der Waals surface area contributed by atoms with Gasteiger partial charge in [-0.3, -0.25) is 14.5 Å². The number of nitrogens with zero attached hydrogens (tertiary/aromatic N) is 2. The first-order valence-electron chi connectivity index (χ1n) is 11.5.